The Balaban J connectivity index is 1.19. The van der Waals surface area contributed by atoms with Gasteiger partial charge < -0.3 is 15.2 Å². The second-order valence-corrected chi connectivity index (χ2v) is 9.67. The van der Waals surface area contributed by atoms with Crippen LogP contribution in [0.15, 0.2) is 42.4 Å². The van der Waals surface area contributed by atoms with Gasteiger partial charge in [-0.05, 0) is 37.1 Å². The zero-order valence-corrected chi connectivity index (χ0v) is 20.4. The van der Waals surface area contributed by atoms with Crippen LogP contribution in [0.5, 0.6) is 0 Å². The first kappa shape index (κ1) is 26.9. The third-order valence-electron chi connectivity index (χ3n) is 7.15. The van der Waals surface area contributed by atoms with Gasteiger partial charge in [0.15, 0.2) is 17.5 Å². The van der Waals surface area contributed by atoms with Gasteiger partial charge in [0.25, 0.3) is 11.8 Å². The summed E-state index contributed by atoms with van der Waals surface area (Å²) < 4.78 is 74.2. The highest BCUT2D eigenvalue weighted by Gasteiger charge is 2.52. The van der Waals surface area contributed by atoms with Gasteiger partial charge in [-0.15, -0.1) is 5.10 Å². The molecule has 2 aliphatic heterocycles. The lowest BCUT2D eigenvalue weighted by Crippen LogP contribution is -2.52. The second kappa shape index (κ2) is 10.5. The summed E-state index contributed by atoms with van der Waals surface area (Å²) >= 11 is 0. The number of benzene rings is 1. The third kappa shape index (κ3) is 5.17. The van der Waals surface area contributed by atoms with E-state index in [4.69, 9.17) is 4.74 Å². The van der Waals surface area contributed by atoms with Gasteiger partial charge in [0, 0.05) is 37.1 Å². The van der Waals surface area contributed by atoms with Crippen molar-refractivity contribution >= 4 is 17.6 Å². The lowest BCUT2D eigenvalue weighted by molar-refractivity contribution is -0.149. The maximum absolute atomic E-state index is 14.2. The van der Waals surface area contributed by atoms with Crippen LogP contribution in [0.25, 0.3) is 0 Å². The van der Waals surface area contributed by atoms with Gasteiger partial charge >= 0.3 is 0 Å². The monoisotopic (exact) mass is 553 g/mol. The SMILES string of the molecule is O=C(NCc1cc(F)cc(F)c1F)C1(O)CCN(c2cnn(C3CC[C@@H](C4C=C(F)C=CC4F)OC3)n2)C1=O. The Bertz CT molecular complexity index is 1340. The van der Waals surface area contributed by atoms with E-state index in [0.29, 0.717) is 25.0 Å². The highest BCUT2D eigenvalue weighted by atomic mass is 19.2. The molecule has 4 unspecified atom stereocenters. The van der Waals surface area contributed by atoms with Gasteiger partial charge in [0.05, 0.1) is 24.9 Å². The van der Waals surface area contributed by atoms with E-state index in [0.717, 1.165) is 17.1 Å². The average molecular weight is 553 g/mol. The molecule has 3 heterocycles. The molecule has 2 saturated heterocycles. The summed E-state index contributed by atoms with van der Waals surface area (Å²) in [6.45, 7) is -0.617. The summed E-state index contributed by atoms with van der Waals surface area (Å²) in [5.41, 5.74) is -3.00. The number of nitrogens with zero attached hydrogens (tertiary/aromatic N) is 4. The van der Waals surface area contributed by atoms with Crippen LogP contribution in [0.1, 0.15) is 30.9 Å². The topological polar surface area (TPSA) is 110 Å². The molecule has 14 heteroatoms. The number of halogens is 5. The van der Waals surface area contributed by atoms with E-state index in [9.17, 15) is 36.6 Å². The number of allylic oxidation sites excluding steroid dienone is 3. The standard InChI is InChI=1S/C25H24F5N5O4/c26-14-1-3-18(28)17(8-14)20-4-2-16(12-39-20)35-32-11-21(33-35)34-6-5-25(38,24(34)37)23(36)31-10-13-7-15(27)9-19(29)22(13)30/h1,3,7-9,11,16-18,20,38H,2,4-6,10,12H2,(H,31,36)/t16?,17?,18?,20-,25?/m0/s1. The molecule has 2 N–H and O–H groups in total. The summed E-state index contributed by atoms with van der Waals surface area (Å²) in [6.07, 6.45) is 3.45. The van der Waals surface area contributed by atoms with Crippen molar-refractivity contribution in [3.8, 4) is 0 Å². The first-order valence-electron chi connectivity index (χ1n) is 12.3. The maximum Gasteiger partial charge on any atom is 0.270 e. The van der Waals surface area contributed by atoms with Crippen molar-refractivity contribution in [2.45, 2.75) is 49.7 Å². The lowest BCUT2D eigenvalue weighted by Gasteiger charge is -2.34. The number of alkyl halides is 1. The van der Waals surface area contributed by atoms with E-state index in [-0.39, 0.29) is 31.4 Å². The minimum atomic E-state index is -2.51. The quantitative estimate of drug-likeness (QED) is 0.324. The normalized spacial score (nSPS) is 29.0. The maximum atomic E-state index is 14.2. The minimum Gasteiger partial charge on any atom is -0.375 e. The number of nitrogens with one attached hydrogen (secondary N) is 1. The molecule has 1 aliphatic carbocycles. The Morgan fingerprint density at radius 3 is 2.77 bits per heavy atom. The molecule has 0 saturated carbocycles. The number of rotatable bonds is 6. The van der Waals surface area contributed by atoms with Gasteiger partial charge in [-0.1, -0.05) is 0 Å². The molecule has 9 nitrogen and oxygen atoms in total. The van der Waals surface area contributed by atoms with Crippen molar-refractivity contribution in [1.29, 1.82) is 0 Å². The van der Waals surface area contributed by atoms with Gasteiger partial charge in [0.1, 0.15) is 17.8 Å². The zero-order chi connectivity index (χ0) is 27.9. The number of ether oxygens (including phenoxy) is 1. The molecule has 0 radical (unpaired) electrons. The molecule has 0 spiro atoms. The first-order chi connectivity index (χ1) is 18.6. The number of amides is 2. The summed E-state index contributed by atoms with van der Waals surface area (Å²) in [5.74, 6) is -7.19. The fraction of sp³-hybridized carbons (Fsp3) is 0.440. The number of hydrogen-bond donors (Lipinski definition) is 2. The van der Waals surface area contributed by atoms with Crippen LogP contribution < -0.4 is 10.2 Å². The van der Waals surface area contributed by atoms with E-state index in [2.05, 4.69) is 15.5 Å². The molecule has 0 bridgehead atoms. The number of aromatic nitrogens is 3. The van der Waals surface area contributed by atoms with E-state index in [1.807, 2.05) is 0 Å². The number of aliphatic hydroxyl groups is 1. The van der Waals surface area contributed by atoms with E-state index < -0.39 is 71.0 Å². The molecule has 2 fully saturated rings. The number of anilines is 1. The number of hydrogen-bond acceptors (Lipinski definition) is 6. The van der Waals surface area contributed by atoms with Crippen molar-refractivity contribution in [3.63, 3.8) is 0 Å². The molecule has 5 atom stereocenters. The molecule has 1 aromatic carbocycles. The van der Waals surface area contributed by atoms with Gasteiger partial charge in [-0.2, -0.15) is 9.90 Å². The van der Waals surface area contributed by atoms with Crippen LogP contribution in [-0.4, -0.2) is 62.9 Å². The van der Waals surface area contributed by atoms with Crippen LogP contribution in [0, 0.1) is 23.4 Å². The summed E-state index contributed by atoms with van der Waals surface area (Å²) in [4.78, 5) is 28.0. The molecule has 2 amide bonds. The average Bonchev–Trinajstić information content (AvgIpc) is 3.52. The molecular weight excluding hydrogens is 529 g/mol. The highest BCUT2D eigenvalue weighted by molar-refractivity contribution is 6.16. The van der Waals surface area contributed by atoms with Crippen LogP contribution >= 0.6 is 0 Å². The zero-order valence-electron chi connectivity index (χ0n) is 20.4. The Morgan fingerprint density at radius 2 is 2.03 bits per heavy atom. The van der Waals surface area contributed by atoms with Crippen molar-refractivity contribution in [2.24, 2.45) is 5.92 Å². The summed E-state index contributed by atoms with van der Waals surface area (Å²) in [7, 11) is 0. The molecular formula is C25H24F5N5O4. The van der Waals surface area contributed by atoms with Gasteiger partial charge in [0.2, 0.25) is 5.60 Å². The molecule has 1 aromatic heterocycles. The van der Waals surface area contributed by atoms with Crippen molar-refractivity contribution in [2.75, 3.05) is 18.1 Å². The highest BCUT2D eigenvalue weighted by Crippen LogP contribution is 2.34. The molecule has 39 heavy (non-hydrogen) atoms. The summed E-state index contributed by atoms with van der Waals surface area (Å²) in [5, 5.41) is 21.4. The minimum absolute atomic E-state index is 0.0651. The van der Waals surface area contributed by atoms with Gasteiger partial charge in [-0.3, -0.25) is 14.5 Å². The van der Waals surface area contributed by atoms with Crippen molar-refractivity contribution < 1.29 is 41.4 Å². The van der Waals surface area contributed by atoms with Crippen LogP contribution in [-0.2, 0) is 20.9 Å². The first-order valence-corrected chi connectivity index (χ1v) is 12.3. The van der Waals surface area contributed by atoms with Crippen LogP contribution in [0.4, 0.5) is 27.8 Å². The third-order valence-corrected chi connectivity index (χ3v) is 7.15. The Kier molecular flexibility index (Phi) is 7.25. The fourth-order valence-corrected chi connectivity index (χ4v) is 4.96. The van der Waals surface area contributed by atoms with E-state index in [1.165, 1.54) is 17.1 Å². The number of carbonyl (C=O) groups excluding carboxylic acids is 2. The Morgan fingerprint density at radius 1 is 1.23 bits per heavy atom. The predicted octanol–water partition coefficient (Wildman–Crippen LogP) is 2.58. The largest absolute Gasteiger partial charge is 0.375 e. The van der Waals surface area contributed by atoms with Crippen LogP contribution in [0.3, 0.4) is 0 Å². The Hall–Kier alpha value is -3.65. The van der Waals surface area contributed by atoms with Gasteiger partial charge in [-0.25, -0.2) is 22.0 Å². The summed E-state index contributed by atoms with van der Waals surface area (Å²) in [6, 6.07) is 0.699. The molecule has 2 aromatic rings. The Labute approximate surface area is 218 Å². The predicted molar refractivity (Wildman–Crippen MR) is 125 cm³/mol. The number of carbonyl (C=O) groups is 2. The van der Waals surface area contributed by atoms with Crippen molar-refractivity contribution in [3.05, 3.63) is 65.4 Å². The fourth-order valence-electron chi connectivity index (χ4n) is 4.96. The molecule has 208 valence electrons. The van der Waals surface area contributed by atoms with E-state index in [1.54, 1.807) is 0 Å². The van der Waals surface area contributed by atoms with Crippen molar-refractivity contribution in [1.82, 2.24) is 20.3 Å². The lowest BCUT2D eigenvalue weighted by atomic mass is 9.88. The second-order valence-electron chi connectivity index (χ2n) is 9.67. The van der Waals surface area contributed by atoms with Crippen LogP contribution in [0.2, 0.25) is 0 Å². The molecule has 5 rings (SSSR count). The van der Waals surface area contributed by atoms with E-state index >= 15 is 0 Å². The smallest absolute Gasteiger partial charge is 0.270 e. The molecule has 3 aliphatic rings.